The molecule has 0 bridgehead atoms. The third kappa shape index (κ3) is 3.28. The standard InChI is InChI=1S/C15H21NO3/c1-3-6-16(9-11-4-5-11)14(17)12-7-10(2)8-13(12)15(18)19/h1,10-13H,4-9H2,2H3,(H,18,19). The maximum atomic E-state index is 12.5. The summed E-state index contributed by atoms with van der Waals surface area (Å²) in [7, 11) is 0. The molecule has 2 rings (SSSR count). The molecule has 2 saturated carbocycles. The molecule has 3 atom stereocenters. The molecule has 0 aromatic rings. The van der Waals surface area contributed by atoms with Gasteiger partial charge in [-0.1, -0.05) is 12.8 Å². The first-order valence-corrected chi connectivity index (χ1v) is 6.98. The monoisotopic (exact) mass is 263 g/mol. The van der Waals surface area contributed by atoms with Crippen LogP contribution < -0.4 is 0 Å². The van der Waals surface area contributed by atoms with Crippen LogP contribution >= 0.6 is 0 Å². The zero-order chi connectivity index (χ0) is 14.0. The molecule has 0 spiro atoms. The van der Waals surface area contributed by atoms with E-state index in [9.17, 15) is 14.7 Å². The lowest BCUT2D eigenvalue weighted by molar-refractivity contribution is -0.149. The fraction of sp³-hybridized carbons (Fsp3) is 0.733. The highest BCUT2D eigenvalue weighted by Gasteiger charge is 2.43. The number of nitrogens with zero attached hydrogens (tertiary/aromatic N) is 1. The average Bonchev–Trinajstić information content (AvgIpc) is 3.08. The highest BCUT2D eigenvalue weighted by molar-refractivity contribution is 5.85. The van der Waals surface area contributed by atoms with E-state index < -0.39 is 11.9 Å². The number of carbonyl (C=O) groups excluding carboxylic acids is 1. The number of aliphatic carboxylic acids is 1. The van der Waals surface area contributed by atoms with Crippen molar-refractivity contribution in [3.63, 3.8) is 0 Å². The Labute approximate surface area is 114 Å². The summed E-state index contributed by atoms with van der Waals surface area (Å²) in [5, 5.41) is 9.25. The Kier molecular flexibility index (Phi) is 4.14. The maximum absolute atomic E-state index is 12.5. The summed E-state index contributed by atoms with van der Waals surface area (Å²) in [6, 6.07) is 0. The predicted octanol–water partition coefficient (Wildman–Crippen LogP) is 1.61. The van der Waals surface area contributed by atoms with E-state index in [-0.39, 0.29) is 11.8 Å². The van der Waals surface area contributed by atoms with Crippen LogP contribution in [0.3, 0.4) is 0 Å². The summed E-state index contributed by atoms with van der Waals surface area (Å²) in [4.78, 5) is 25.5. The van der Waals surface area contributed by atoms with Crippen LogP contribution in [0.4, 0.5) is 0 Å². The summed E-state index contributed by atoms with van der Waals surface area (Å²) in [5.74, 6) is 1.55. The number of carboxylic acid groups (broad SMARTS) is 1. The van der Waals surface area contributed by atoms with Gasteiger partial charge < -0.3 is 10.0 Å². The molecule has 3 unspecified atom stereocenters. The predicted molar refractivity (Wildman–Crippen MR) is 71.2 cm³/mol. The van der Waals surface area contributed by atoms with Crippen LogP contribution in [-0.2, 0) is 9.59 Å². The van der Waals surface area contributed by atoms with Crippen molar-refractivity contribution >= 4 is 11.9 Å². The second-order valence-electron chi connectivity index (χ2n) is 5.99. The van der Waals surface area contributed by atoms with Crippen molar-refractivity contribution in [3.05, 3.63) is 0 Å². The number of rotatable bonds is 5. The van der Waals surface area contributed by atoms with Gasteiger partial charge in [-0.2, -0.15) is 0 Å². The van der Waals surface area contributed by atoms with E-state index in [1.807, 2.05) is 6.92 Å². The van der Waals surface area contributed by atoms with Crippen molar-refractivity contribution < 1.29 is 14.7 Å². The SMILES string of the molecule is C#CCN(CC1CC1)C(=O)C1CC(C)CC1C(=O)O. The number of amides is 1. The Morgan fingerprint density at radius 2 is 1.95 bits per heavy atom. The lowest BCUT2D eigenvalue weighted by Gasteiger charge is -2.25. The molecule has 0 aromatic heterocycles. The fourth-order valence-electron chi connectivity index (χ4n) is 3.03. The van der Waals surface area contributed by atoms with Gasteiger partial charge in [0.1, 0.15) is 0 Å². The smallest absolute Gasteiger partial charge is 0.307 e. The summed E-state index contributed by atoms with van der Waals surface area (Å²) in [6.45, 7) is 3.00. The Morgan fingerprint density at radius 3 is 2.47 bits per heavy atom. The molecule has 4 nitrogen and oxygen atoms in total. The Hall–Kier alpha value is -1.50. The molecular weight excluding hydrogens is 242 g/mol. The Bertz CT molecular complexity index is 408. The Morgan fingerprint density at radius 1 is 1.32 bits per heavy atom. The second-order valence-corrected chi connectivity index (χ2v) is 5.99. The molecular formula is C15H21NO3. The minimum atomic E-state index is -0.852. The molecule has 0 radical (unpaired) electrons. The molecule has 104 valence electrons. The summed E-state index contributed by atoms with van der Waals surface area (Å²) in [5.41, 5.74) is 0. The van der Waals surface area contributed by atoms with E-state index in [0.717, 1.165) is 12.8 Å². The van der Waals surface area contributed by atoms with Crippen LogP contribution in [0.5, 0.6) is 0 Å². The van der Waals surface area contributed by atoms with Crippen LogP contribution in [0.25, 0.3) is 0 Å². The summed E-state index contributed by atoms with van der Waals surface area (Å²) < 4.78 is 0. The first kappa shape index (κ1) is 13.9. The molecule has 0 aromatic carbocycles. The van der Waals surface area contributed by atoms with Crippen molar-refractivity contribution in [2.24, 2.45) is 23.7 Å². The molecule has 2 aliphatic carbocycles. The van der Waals surface area contributed by atoms with Crippen LogP contribution in [0.2, 0.25) is 0 Å². The number of hydrogen-bond donors (Lipinski definition) is 1. The van der Waals surface area contributed by atoms with E-state index in [1.54, 1.807) is 4.90 Å². The van der Waals surface area contributed by atoms with Gasteiger partial charge in [-0.05, 0) is 37.5 Å². The van der Waals surface area contributed by atoms with Gasteiger partial charge >= 0.3 is 5.97 Å². The number of carbonyl (C=O) groups is 2. The number of terminal acetylenes is 1. The van der Waals surface area contributed by atoms with Crippen LogP contribution in [0, 0.1) is 36.0 Å². The summed E-state index contributed by atoms with van der Waals surface area (Å²) >= 11 is 0. The average molecular weight is 263 g/mol. The lowest BCUT2D eigenvalue weighted by atomic mass is 9.94. The van der Waals surface area contributed by atoms with Crippen LogP contribution in [0.15, 0.2) is 0 Å². The molecule has 0 heterocycles. The molecule has 1 N–H and O–H groups in total. The first-order valence-electron chi connectivity index (χ1n) is 6.98. The second kappa shape index (κ2) is 5.64. The van der Waals surface area contributed by atoms with Gasteiger partial charge in [0.15, 0.2) is 0 Å². The first-order chi connectivity index (χ1) is 9.02. The molecule has 4 heteroatoms. The minimum absolute atomic E-state index is 0.0541. The molecule has 2 fully saturated rings. The van der Waals surface area contributed by atoms with Gasteiger partial charge in [0.25, 0.3) is 0 Å². The molecule has 0 saturated heterocycles. The zero-order valence-corrected chi connectivity index (χ0v) is 11.3. The third-order valence-corrected chi connectivity index (χ3v) is 4.20. The topological polar surface area (TPSA) is 57.6 Å². The minimum Gasteiger partial charge on any atom is -0.481 e. The van der Waals surface area contributed by atoms with E-state index >= 15 is 0 Å². The number of carboxylic acids is 1. The van der Waals surface area contributed by atoms with E-state index in [2.05, 4.69) is 5.92 Å². The zero-order valence-electron chi connectivity index (χ0n) is 11.3. The number of hydrogen-bond acceptors (Lipinski definition) is 2. The van der Waals surface area contributed by atoms with E-state index in [1.165, 1.54) is 0 Å². The lowest BCUT2D eigenvalue weighted by Crippen LogP contribution is -2.40. The molecule has 1 amide bonds. The quantitative estimate of drug-likeness (QED) is 0.767. The highest BCUT2D eigenvalue weighted by atomic mass is 16.4. The molecule has 2 aliphatic rings. The summed E-state index contributed by atoms with van der Waals surface area (Å²) in [6.07, 6.45) is 8.89. The van der Waals surface area contributed by atoms with Crippen molar-refractivity contribution in [3.8, 4) is 12.3 Å². The van der Waals surface area contributed by atoms with Gasteiger partial charge in [-0.25, -0.2) is 0 Å². The Balaban J connectivity index is 2.06. The highest BCUT2D eigenvalue weighted by Crippen LogP contribution is 2.38. The van der Waals surface area contributed by atoms with Gasteiger partial charge in [0.05, 0.1) is 18.4 Å². The largest absolute Gasteiger partial charge is 0.481 e. The van der Waals surface area contributed by atoms with Crippen LogP contribution in [-0.4, -0.2) is 35.0 Å². The normalized spacial score (nSPS) is 29.8. The van der Waals surface area contributed by atoms with Gasteiger partial charge in [-0.3, -0.25) is 9.59 Å². The van der Waals surface area contributed by atoms with Gasteiger partial charge in [0, 0.05) is 6.54 Å². The van der Waals surface area contributed by atoms with Crippen molar-refractivity contribution in [2.45, 2.75) is 32.6 Å². The van der Waals surface area contributed by atoms with E-state index in [4.69, 9.17) is 6.42 Å². The van der Waals surface area contributed by atoms with Crippen LogP contribution in [0.1, 0.15) is 32.6 Å². The molecule has 19 heavy (non-hydrogen) atoms. The fourth-order valence-corrected chi connectivity index (χ4v) is 3.03. The van der Waals surface area contributed by atoms with Gasteiger partial charge in [0.2, 0.25) is 5.91 Å². The maximum Gasteiger partial charge on any atom is 0.307 e. The van der Waals surface area contributed by atoms with E-state index in [0.29, 0.717) is 37.8 Å². The van der Waals surface area contributed by atoms with Crippen molar-refractivity contribution in [2.75, 3.05) is 13.1 Å². The van der Waals surface area contributed by atoms with Gasteiger partial charge in [-0.15, -0.1) is 6.42 Å². The third-order valence-electron chi connectivity index (χ3n) is 4.20. The molecule has 0 aliphatic heterocycles. The van der Waals surface area contributed by atoms with Crippen molar-refractivity contribution in [1.29, 1.82) is 0 Å². The van der Waals surface area contributed by atoms with Crippen molar-refractivity contribution in [1.82, 2.24) is 4.90 Å².